The Hall–Kier alpha value is -0.830. The van der Waals surface area contributed by atoms with Gasteiger partial charge in [0.25, 0.3) is 0 Å². The van der Waals surface area contributed by atoms with E-state index in [-0.39, 0.29) is 0 Å². The van der Waals surface area contributed by atoms with E-state index in [9.17, 15) is 0 Å². The lowest BCUT2D eigenvalue weighted by Crippen LogP contribution is -2.23. The summed E-state index contributed by atoms with van der Waals surface area (Å²) in [6.07, 6.45) is 9.05. The van der Waals surface area contributed by atoms with Crippen LogP contribution in [0.25, 0.3) is 0 Å². The smallest absolute Gasteiger partial charge is 0.0762 e. The summed E-state index contributed by atoms with van der Waals surface area (Å²) < 4.78 is 2.16. The van der Waals surface area contributed by atoms with Crippen LogP contribution in [0.2, 0.25) is 0 Å². The lowest BCUT2D eigenvalue weighted by Gasteiger charge is -2.12. The van der Waals surface area contributed by atoms with Gasteiger partial charge in [-0.05, 0) is 61.8 Å². The van der Waals surface area contributed by atoms with E-state index in [1.165, 1.54) is 37.8 Å². The van der Waals surface area contributed by atoms with Crippen molar-refractivity contribution in [3.05, 3.63) is 18.0 Å². The number of nitrogens with zero attached hydrogens (tertiary/aromatic N) is 2. The Morgan fingerprint density at radius 1 is 1.25 bits per heavy atom. The van der Waals surface area contributed by atoms with E-state index in [0.29, 0.717) is 6.04 Å². The molecule has 0 radical (unpaired) electrons. The zero-order valence-corrected chi connectivity index (χ0v) is 12.8. The van der Waals surface area contributed by atoms with Gasteiger partial charge < -0.3 is 5.32 Å². The fourth-order valence-corrected chi connectivity index (χ4v) is 5.16. The van der Waals surface area contributed by atoms with Gasteiger partial charge in [-0.15, -0.1) is 0 Å². The van der Waals surface area contributed by atoms with Crippen LogP contribution in [0.5, 0.6) is 0 Å². The van der Waals surface area contributed by atoms with Crippen LogP contribution in [0.1, 0.15) is 57.7 Å². The average molecular weight is 273 g/mol. The van der Waals surface area contributed by atoms with Gasteiger partial charge in [-0.2, -0.15) is 5.10 Å². The van der Waals surface area contributed by atoms with Crippen LogP contribution in [0.4, 0.5) is 0 Å². The molecule has 3 nitrogen and oxygen atoms in total. The van der Waals surface area contributed by atoms with Crippen LogP contribution < -0.4 is 5.32 Å². The number of fused-ring (bicyclic) bond motifs is 5. The first-order valence-electron chi connectivity index (χ1n) is 8.59. The number of rotatable bonds is 6. The van der Waals surface area contributed by atoms with Crippen molar-refractivity contribution in [3.8, 4) is 0 Å². The minimum atomic E-state index is 0.569. The number of hydrogen-bond donors (Lipinski definition) is 1. The minimum absolute atomic E-state index is 0.569. The molecule has 0 aliphatic heterocycles. The summed E-state index contributed by atoms with van der Waals surface area (Å²) in [4.78, 5) is 0. The molecule has 3 heteroatoms. The first-order valence-corrected chi connectivity index (χ1v) is 8.59. The van der Waals surface area contributed by atoms with Gasteiger partial charge in [0.15, 0.2) is 0 Å². The normalized spacial score (nSPS) is 37.6. The highest BCUT2D eigenvalue weighted by atomic mass is 15.3. The van der Waals surface area contributed by atoms with Crippen molar-refractivity contribution in [2.45, 2.75) is 64.6 Å². The number of hydrogen-bond acceptors (Lipinski definition) is 2. The summed E-state index contributed by atoms with van der Waals surface area (Å²) >= 11 is 0. The predicted octanol–water partition coefficient (Wildman–Crippen LogP) is 3.38. The zero-order chi connectivity index (χ0) is 13.7. The standard InChI is InChI=1S/C17H27N3/c1-3-14(4-2)20-8-7-13(19-20)10-18-17-15-11-5-6-12(9-11)16(15)17/h7-8,11-12,14-18H,3-6,9-10H2,1-2H3. The van der Waals surface area contributed by atoms with E-state index < -0.39 is 0 Å². The topological polar surface area (TPSA) is 29.9 Å². The van der Waals surface area contributed by atoms with Gasteiger partial charge in [-0.1, -0.05) is 13.8 Å². The second-order valence-electron chi connectivity index (χ2n) is 7.15. The number of aromatic nitrogens is 2. The Bertz CT molecular complexity index is 460. The van der Waals surface area contributed by atoms with Gasteiger partial charge >= 0.3 is 0 Å². The highest BCUT2D eigenvalue weighted by Crippen LogP contribution is 2.65. The molecule has 1 aromatic heterocycles. The summed E-state index contributed by atoms with van der Waals surface area (Å²) in [7, 11) is 0. The third-order valence-corrected chi connectivity index (χ3v) is 6.23. The van der Waals surface area contributed by atoms with Crippen LogP contribution in [-0.4, -0.2) is 15.8 Å². The van der Waals surface area contributed by atoms with E-state index in [1.54, 1.807) is 0 Å². The van der Waals surface area contributed by atoms with Crippen molar-refractivity contribution in [2.75, 3.05) is 0 Å². The van der Waals surface area contributed by atoms with E-state index in [2.05, 4.69) is 36.1 Å². The third kappa shape index (κ3) is 1.93. The molecule has 1 heterocycles. The molecule has 0 spiro atoms. The Morgan fingerprint density at radius 2 is 1.95 bits per heavy atom. The van der Waals surface area contributed by atoms with Gasteiger partial charge in [0.2, 0.25) is 0 Å². The van der Waals surface area contributed by atoms with E-state index in [4.69, 9.17) is 5.10 Å². The molecule has 0 saturated heterocycles. The van der Waals surface area contributed by atoms with Crippen molar-refractivity contribution in [3.63, 3.8) is 0 Å². The molecule has 1 aromatic rings. The predicted molar refractivity (Wildman–Crippen MR) is 80.3 cm³/mol. The van der Waals surface area contributed by atoms with Crippen LogP contribution in [0.15, 0.2) is 12.3 Å². The molecule has 0 amide bonds. The molecule has 3 aliphatic rings. The van der Waals surface area contributed by atoms with Crippen molar-refractivity contribution in [1.29, 1.82) is 0 Å². The molecule has 3 saturated carbocycles. The Labute approximate surface area is 122 Å². The molecule has 20 heavy (non-hydrogen) atoms. The number of nitrogens with one attached hydrogen (secondary N) is 1. The monoisotopic (exact) mass is 273 g/mol. The fraction of sp³-hybridized carbons (Fsp3) is 0.824. The molecule has 110 valence electrons. The van der Waals surface area contributed by atoms with Gasteiger partial charge in [0, 0.05) is 18.8 Å². The van der Waals surface area contributed by atoms with Gasteiger partial charge in [0.1, 0.15) is 0 Å². The molecule has 4 atom stereocenters. The summed E-state index contributed by atoms with van der Waals surface area (Å²) in [6, 6.07) is 3.58. The van der Waals surface area contributed by atoms with Gasteiger partial charge in [0.05, 0.1) is 11.7 Å². The van der Waals surface area contributed by atoms with Gasteiger partial charge in [-0.25, -0.2) is 0 Å². The van der Waals surface area contributed by atoms with Crippen molar-refractivity contribution >= 4 is 0 Å². The molecule has 0 aromatic carbocycles. The molecule has 3 fully saturated rings. The maximum atomic E-state index is 4.75. The van der Waals surface area contributed by atoms with Crippen molar-refractivity contribution in [1.82, 2.24) is 15.1 Å². The van der Waals surface area contributed by atoms with E-state index >= 15 is 0 Å². The molecule has 1 N–H and O–H groups in total. The third-order valence-electron chi connectivity index (χ3n) is 6.23. The molecule has 4 unspecified atom stereocenters. The Balaban J connectivity index is 1.33. The molecular formula is C17H27N3. The van der Waals surface area contributed by atoms with Crippen LogP contribution in [0, 0.1) is 23.7 Å². The van der Waals surface area contributed by atoms with E-state index in [0.717, 1.165) is 36.3 Å². The van der Waals surface area contributed by atoms with Crippen molar-refractivity contribution in [2.24, 2.45) is 23.7 Å². The van der Waals surface area contributed by atoms with Crippen LogP contribution >= 0.6 is 0 Å². The van der Waals surface area contributed by atoms with Crippen LogP contribution in [0.3, 0.4) is 0 Å². The van der Waals surface area contributed by atoms with Gasteiger partial charge in [-0.3, -0.25) is 4.68 Å². The average Bonchev–Trinajstić information content (AvgIpc) is 2.88. The minimum Gasteiger partial charge on any atom is -0.308 e. The maximum absolute atomic E-state index is 4.75. The maximum Gasteiger partial charge on any atom is 0.0762 e. The summed E-state index contributed by atoms with van der Waals surface area (Å²) in [5.41, 5.74) is 1.22. The second-order valence-corrected chi connectivity index (χ2v) is 7.15. The Kier molecular flexibility index (Phi) is 3.13. The quantitative estimate of drug-likeness (QED) is 0.861. The highest BCUT2D eigenvalue weighted by molar-refractivity contribution is 5.17. The first kappa shape index (κ1) is 12.9. The second kappa shape index (κ2) is 4.87. The first-order chi connectivity index (χ1) is 9.81. The lowest BCUT2D eigenvalue weighted by atomic mass is 10.0. The van der Waals surface area contributed by atoms with Crippen molar-refractivity contribution < 1.29 is 0 Å². The van der Waals surface area contributed by atoms with E-state index in [1.807, 2.05) is 0 Å². The fourth-order valence-electron chi connectivity index (χ4n) is 5.16. The molecule has 4 rings (SSSR count). The highest BCUT2D eigenvalue weighted by Gasteiger charge is 2.64. The molecule has 3 aliphatic carbocycles. The lowest BCUT2D eigenvalue weighted by molar-refractivity contribution is 0.420. The molecule has 2 bridgehead atoms. The largest absolute Gasteiger partial charge is 0.308 e. The Morgan fingerprint density at radius 3 is 2.60 bits per heavy atom. The SMILES string of the molecule is CCC(CC)n1ccc(CNC2C3C4CCC(C4)C23)n1. The summed E-state index contributed by atoms with van der Waals surface area (Å²) in [6.45, 7) is 5.45. The zero-order valence-electron chi connectivity index (χ0n) is 12.8. The summed E-state index contributed by atoms with van der Waals surface area (Å²) in [5.74, 6) is 4.17. The van der Waals surface area contributed by atoms with Crippen LogP contribution in [-0.2, 0) is 6.54 Å². The summed E-state index contributed by atoms with van der Waals surface area (Å²) in [5, 5.41) is 8.54. The molecular weight excluding hydrogens is 246 g/mol.